The Morgan fingerprint density at radius 2 is 1.68 bits per heavy atom. The average Bonchev–Trinajstić information content (AvgIpc) is 3.14. The molecule has 0 spiro atoms. The number of carbonyl (C=O) groups excluding carboxylic acids is 4. The Morgan fingerprint density at radius 1 is 1.03 bits per heavy atom. The highest BCUT2D eigenvalue weighted by atomic mass is 16.6. The van der Waals surface area contributed by atoms with Gasteiger partial charge in [0.25, 0.3) is 0 Å². The molecule has 0 radical (unpaired) electrons. The van der Waals surface area contributed by atoms with Gasteiger partial charge in [0.15, 0.2) is 23.8 Å². The lowest BCUT2D eigenvalue weighted by Gasteiger charge is -2.67. The molecule has 1 aliphatic heterocycles. The van der Waals surface area contributed by atoms with Gasteiger partial charge in [0.1, 0.15) is 29.5 Å². The number of aliphatic hydroxyl groups is 5. The zero-order chi connectivity index (χ0) is 44.5. The minimum absolute atomic E-state index is 0.0235. The van der Waals surface area contributed by atoms with Crippen molar-refractivity contribution >= 4 is 23.8 Å². The van der Waals surface area contributed by atoms with Gasteiger partial charge < -0.3 is 54.5 Å². The quantitative estimate of drug-likeness (QED) is 0.0906. The van der Waals surface area contributed by atoms with E-state index in [2.05, 4.69) is 5.32 Å². The molecular weight excluding hydrogens is 778 g/mol. The predicted molar refractivity (Wildman–Crippen MR) is 214 cm³/mol. The lowest BCUT2D eigenvalue weighted by atomic mass is 9.44. The van der Waals surface area contributed by atoms with Gasteiger partial charge >= 0.3 is 18.0 Å². The smallest absolute Gasteiger partial charge is 0.407 e. The van der Waals surface area contributed by atoms with Crippen LogP contribution in [0.5, 0.6) is 0 Å². The summed E-state index contributed by atoms with van der Waals surface area (Å²) in [5.74, 6) is -5.10. The number of nitrogens with one attached hydrogen (secondary N) is 1. The molecule has 3 fully saturated rings. The van der Waals surface area contributed by atoms with Crippen molar-refractivity contribution in [3.05, 3.63) is 70.8 Å². The van der Waals surface area contributed by atoms with E-state index in [-0.39, 0.29) is 35.7 Å². The molecule has 4 aliphatic carbocycles. The molecule has 14 atom stereocenters. The first kappa shape index (κ1) is 45.6. The number of esters is 2. The molecule has 1 aromatic carbocycles. The molecule has 6 N–H and O–H groups in total. The van der Waals surface area contributed by atoms with Crippen LogP contribution in [-0.4, -0.2) is 115 Å². The van der Waals surface area contributed by atoms with Gasteiger partial charge in [-0.1, -0.05) is 74.9 Å². The summed E-state index contributed by atoms with van der Waals surface area (Å²) in [4.78, 5) is 55.4. The van der Waals surface area contributed by atoms with Crippen molar-refractivity contribution in [2.24, 2.45) is 28.6 Å². The van der Waals surface area contributed by atoms with Crippen LogP contribution in [-0.2, 0) is 38.1 Å². The second kappa shape index (κ2) is 16.1. The van der Waals surface area contributed by atoms with Gasteiger partial charge in [-0.15, -0.1) is 0 Å². The lowest BCUT2D eigenvalue weighted by Crippen LogP contribution is -2.81. The number of hydrogen-bond donors (Lipinski definition) is 6. The molecule has 0 aromatic heterocycles. The van der Waals surface area contributed by atoms with Gasteiger partial charge in [0, 0.05) is 42.6 Å². The number of Topliss-reactive ketones (excluding diaryl/α,β-unsaturated/α-hetero) is 1. The number of allylic oxidation sites excluding steroid dienone is 3. The second-order valence-electron chi connectivity index (χ2n) is 19.0. The largest absolute Gasteiger partial charge is 0.456 e. The number of aliphatic hydroxyl groups excluding tert-OH is 4. The number of alkyl carbamates (subject to hydrolysis) is 1. The first-order chi connectivity index (χ1) is 27.8. The Kier molecular flexibility index (Phi) is 12.2. The topological polar surface area (TPSA) is 228 Å². The van der Waals surface area contributed by atoms with Gasteiger partial charge in [-0.2, -0.15) is 0 Å². The summed E-state index contributed by atoms with van der Waals surface area (Å²) in [5.41, 5.74) is -7.04. The summed E-state index contributed by atoms with van der Waals surface area (Å²) >= 11 is 0. The normalized spacial score (nSPS) is 37.4. The zero-order valence-electron chi connectivity index (χ0n) is 36.0. The molecule has 330 valence electrons. The molecule has 2 bridgehead atoms. The van der Waals surface area contributed by atoms with Gasteiger partial charge in [-0.25, -0.2) is 9.59 Å². The summed E-state index contributed by atoms with van der Waals surface area (Å²) in [5, 5.41) is 63.9. The first-order valence-electron chi connectivity index (χ1n) is 20.6. The number of rotatable bonds is 9. The third-order valence-corrected chi connectivity index (χ3v) is 13.7. The average molecular weight is 840 g/mol. The van der Waals surface area contributed by atoms with Crippen LogP contribution in [0.3, 0.4) is 0 Å². The number of ketones is 1. The van der Waals surface area contributed by atoms with E-state index in [1.807, 2.05) is 26.0 Å². The number of hydrogen-bond acceptors (Lipinski definition) is 14. The van der Waals surface area contributed by atoms with Gasteiger partial charge in [0.05, 0.1) is 30.3 Å². The van der Waals surface area contributed by atoms with Crippen LogP contribution >= 0.6 is 0 Å². The van der Waals surface area contributed by atoms with Crippen LogP contribution in [0, 0.1) is 28.6 Å². The minimum Gasteiger partial charge on any atom is -0.456 e. The third kappa shape index (κ3) is 7.64. The van der Waals surface area contributed by atoms with Crippen LogP contribution < -0.4 is 5.32 Å². The van der Waals surface area contributed by atoms with Crippen LogP contribution in [0.25, 0.3) is 0 Å². The van der Waals surface area contributed by atoms with E-state index in [4.69, 9.17) is 23.7 Å². The monoisotopic (exact) mass is 839 g/mol. The van der Waals surface area contributed by atoms with Gasteiger partial charge in [0.2, 0.25) is 0 Å². The van der Waals surface area contributed by atoms with Crippen LogP contribution in [0.1, 0.15) is 93.9 Å². The first-order valence-corrected chi connectivity index (χ1v) is 20.6. The second-order valence-corrected chi connectivity index (χ2v) is 19.0. The fourth-order valence-electron chi connectivity index (χ4n) is 10.5. The number of benzene rings is 1. The fourth-order valence-corrected chi connectivity index (χ4v) is 10.5. The summed E-state index contributed by atoms with van der Waals surface area (Å²) in [7, 11) is 0. The molecular formula is C45H61NO14. The van der Waals surface area contributed by atoms with Crippen molar-refractivity contribution in [2.75, 3.05) is 6.61 Å². The molecule has 15 heteroatoms. The van der Waals surface area contributed by atoms with E-state index in [0.717, 1.165) is 5.57 Å². The number of ether oxygens (including phenoxy) is 5. The van der Waals surface area contributed by atoms with E-state index < -0.39 is 119 Å². The van der Waals surface area contributed by atoms with Crippen LogP contribution in [0.2, 0.25) is 0 Å². The van der Waals surface area contributed by atoms with E-state index in [1.165, 1.54) is 20.8 Å². The molecule has 1 heterocycles. The SMILES string of the molecule is CC(=O)O[C@@]12CO[C@@H]1C[C@H](O)[C@@]1(C)C(=O)[C@H](O)C3=C(C)[C@@H](OC(=O)[C@H](O)[C@@H](NC(=O)OC(C)(C)C)C4C=CC(C)=CC4C)C[C@@](O)([C@@H](OC(O)c4ccccc4)[C@H]21)C3(C)C. The lowest BCUT2D eigenvalue weighted by molar-refractivity contribution is -0.361. The van der Waals surface area contributed by atoms with Crippen LogP contribution in [0.4, 0.5) is 4.79 Å². The van der Waals surface area contributed by atoms with E-state index in [9.17, 15) is 39.9 Å². The van der Waals surface area contributed by atoms with Crippen molar-refractivity contribution in [1.82, 2.24) is 5.32 Å². The third-order valence-electron chi connectivity index (χ3n) is 13.7. The highest BCUT2D eigenvalue weighted by Gasteiger charge is 2.77. The van der Waals surface area contributed by atoms with Gasteiger partial charge in [-0.3, -0.25) is 9.59 Å². The van der Waals surface area contributed by atoms with E-state index in [1.54, 1.807) is 71.0 Å². The Morgan fingerprint density at radius 3 is 2.25 bits per heavy atom. The molecule has 2 saturated carbocycles. The molecule has 5 aliphatic rings. The maximum absolute atomic E-state index is 15.0. The van der Waals surface area contributed by atoms with Crippen molar-refractivity contribution < 1.29 is 68.4 Å². The predicted octanol–water partition coefficient (Wildman–Crippen LogP) is 3.51. The Bertz CT molecular complexity index is 1950. The molecule has 60 heavy (non-hydrogen) atoms. The molecule has 6 rings (SSSR count). The maximum Gasteiger partial charge on any atom is 0.407 e. The summed E-state index contributed by atoms with van der Waals surface area (Å²) in [6, 6.07) is 6.99. The highest BCUT2D eigenvalue weighted by Crippen LogP contribution is 2.64. The minimum atomic E-state index is -2.29. The summed E-state index contributed by atoms with van der Waals surface area (Å²) in [6.07, 6.45) is -7.28. The van der Waals surface area contributed by atoms with Crippen molar-refractivity contribution in [2.45, 2.75) is 148 Å². The fraction of sp³-hybridized carbons (Fsp3) is 0.644. The maximum atomic E-state index is 15.0. The Hall–Kier alpha value is -3.96. The molecule has 1 saturated heterocycles. The number of amides is 1. The Balaban J connectivity index is 1.48. The van der Waals surface area contributed by atoms with E-state index >= 15 is 4.79 Å². The molecule has 1 aromatic rings. The molecule has 1 amide bonds. The summed E-state index contributed by atoms with van der Waals surface area (Å²) < 4.78 is 30.0. The van der Waals surface area contributed by atoms with Crippen LogP contribution in [0.15, 0.2) is 65.3 Å². The molecule has 15 nitrogen and oxygen atoms in total. The Labute approximate surface area is 350 Å². The highest BCUT2D eigenvalue weighted by molar-refractivity contribution is 5.93. The standard InChI is InChI=1S/C45H61NO14/c1-22-16-17-27(23(2)18-22)32(46-40(54)60-41(5,6)7)34(50)39(53)57-28-20-45(55)37(58-38(52)26-14-12-11-13-15-26)35-43(10,36(51)33(49)31(24(28)3)42(45,8)9)29(48)19-30-44(35,21-56-30)59-25(4)47/h11-18,23,27-30,32-35,37-38,48-50,52,55H,19-21H2,1-10H3,(H,46,54)/t23?,27?,28-,29-,30+,32-,33+,34+,35-,37-,38?,43+,44-,45+/m0/s1. The molecule has 3 unspecified atom stereocenters. The van der Waals surface area contributed by atoms with Crippen molar-refractivity contribution in [3.63, 3.8) is 0 Å². The van der Waals surface area contributed by atoms with E-state index in [0.29, 0.717) is 0 Å². The van der Waals surface area contributed by atoms with Crippen molar-refractivity contribution in [1.29, 1.82) is 0 Å². The van der Waals surface area contributed by atoms with Gasteiger partial charge in [-0.05, 0) is 58.6 Å². The summed E-state index contributed by atoms with van der Waals surface area (Å²) in [6.45, 7) is 15.8. The van der Waals surface area contributed by atoms with Crippen molar-refractivity contribution in [3.8, 4) is 0 Å². The zero-order valence-corrected chi connectivity index (χ0v) is 36.0. The number of carbonyl (C=O) groups is 4. The number of fused-ring (bicyclic) bond motifs is 5.